The molecule has 0 saturated heterocycles. The molecule has 0 spiro atoms. The number of para-hydroxylation sites is 1. The minimum absolute atomic E-state index is 0.0759. The van der Waals surface area contributed by atoms with Crippen molar-refractivity contribution in [3.05, 3.63) is 107 Å². The summed E-state index contributed by atoms with van der Waals surface area (Å²) in [6.07, 6.45) is 3.32. The Balaban J connectivity index is 1.46. The number of H-pyrrole nitrogens is 1. The predicted molar refractivity (Wildman–Crippen MR) is 177 cm³/mol. The van der Waals surface area contributed by atoms with Crippen LogP contribution in [0.25, 0.3) is 33.2 Å². The normalized spacial score (nSPS) is 11.8. The minimum atomic E-state index is -3.87. The largest absolute Gasteiger partial charge is 0.368 e. The highest BCUT2D eigenvalue weighted by Gasteiger charge is 2.23. The third-order valence-corrected chi connectivity index (χ3v) is 9.16. The van der Waals surface area contributed by atoms with Crippen LogP contribution in [0.4, 0.5) is 23.0 Å². The van der Waals surface area contributed by atoms with E-state index in [1.54, 1.807) is 42.5 Å². The van der Waals surface area contributed by atoms with Gasteiger partial charge in [0.1, 0.15) is 5.69 Å². The number of likely N-dealkylation sites (N-methyl/N-ethyl adjacent to an activating group) is 2. The van der Waals surface area contributed by atoms with Gasteiger partial charge in [-0.15, -0.1) is 0 Å². The minimum Gasteiger partial charge on any atom is -0.368 e. The first-order chi connectivity index (χ1) is 21.6. The van der Waals surface area contributed by atoms with Crippen LogP contribution in [0.1, 0.15) is 5.56 Å². The van der Waals surface area contributed by atoms with Gasteiger partial charge in [0.05, 0.1) is 16.4 Å². The maximum Gasteiger partial charge on any atom is 0.294 e. The topological polar surface area (TPSA) is 142 Å². The van der Waals surface area contributed by atoms with Crippen molar-refractivity contribution in [2.24, 2.45) is 0 Å². The molecule has 0 unspecified atom stereocenters. The summed E-state index contributed by atoms with van der Waals surface area (Å²) in [5.74, 6) is -0.123. The lowest BCUT2D eigenvalue weighted by molar-refractivity contribution is -0.384. The van der Waals surface area contributed by atoms with Crippen LogP contribution in [0.3, 0.4) is 0 Å². The van der Waals surface area contributed by atoms with Crippen LogP contribution in [0, 0.1) is 10.1 Å². The molecule has 12 nitrogen and oxygen atoms in total. The molecule has 0 bridgehead atoms. The molecule has 3 aromatic heterocycles. The van der Waals surface area contributed by atoms with Gasteiger partial charge < -0.3 is 20.1 Å². The van der Waals surface area contributed by atoms with E-state index in [2.05, 4.69) is 15.3 Å². The Labute approximate surface area is 260 Å². The lowest BCUT2D eigenvalue weighted by Gasteiger charge is -2.21. The summed E-state index contributed by atoms with van der Waals surface area (Å²) in [5.41, 5.74) is 3.81. The fraction of sp³-hybridized carbons (Fsp3) is 0.188. The molecule has 230 valence electrons. The molecule has 0 fully saturated rings. The summed E-state index contributed by atoms with van der Waals surface area (Å²) in [5, 5.41) is 16.6. The highest BCUT2D eigenvalue weighted by Crippen LogP contribution is 2.36. The number of nitro benzene ring substituents is 1. The van der Waals surface area contributed by atoms with Crippen molar-refractivity contribution >= 4 is 55.0 Å². The first-order valence-corrected chi connectivity index (χ1v) is 15.9. The van der Waals surface area contributed by atoms with Gasteiger partial charge >= 0.3 is 0 Å². The molecule has 0 saturated carbocycles. The second kappa shape index (κ2) is 12.0. The molecular weight excluding hydrogens is 592 g/mol. The number of nitrogens with one attached hydrogen (secondary N) is 2. The molecule has 0 aliphatic heterocycles. The average molecular weight is 625 g/mol. The van der Waals surface area contributed by atoms with Crippen molar-refractivity contribution in [3.63, 3.8) is 0 Å². The number of aromatic amines is 1. The van der Waals surface area contributed by atoms with Crippen LogP contribution in [0.2, 0.25) is 0 Å². The quantitative estimate of drug-likeness (QED) is 0.139. The van der Waals surface area contributed by atoms with E-state index in [-0.39, 0.29) is 23.0 Å². The van der Waals surface area contributed by atoms with E-state index in [4.69, 9.17) is 4.98 Å². The lowest BCUT2D eigenvalue weighted by atomic mass is 10.1. The summed E-state index contributed by atoms with van der Waals surface area (Å²) in [6, 6.07) is 23.2. The molecule has 6 rings (SSSR count). The SMILES string of the molecule is CN(C)CCN(C)c1ccc(Nc2nc(-c3c[nH]c4ccccc34)c3ccn(S(=O)(=O)Cc4ccccc4)c3n2)cc1[N+](=O)[O-]. The van der Waals surface area contributed by atoms with Crippen LogP contribution in [-0.4, -0.2) is 71.4 Å². The molecule has 6 aromatic rings. The zero-order valence-corrected chi connectivity index (χ0v) is 25.8. The van der Waals surface area contributed by atoms with E-state index in [0.717, 1.165) is 23.0 Å². The molecule has 0 atom stereocenters. The molecule has 0 aliphatic rings. The predicted octanol–water partition coefficient (Wildman–Crippen LogP) is 5.61. The number of hydrogen-bond donors (Lipinski definition) is 2. The number of fused-ring (bicyclic) bond motifs is 2. The van der Waals surface area contributed by atoms with Crippen molar-refractivity contribution in [1.82, 2.24) is 23.8 Å². The Morgan fingerprint density at radius 1 is 0.933 bits per heavy atom. The van der Waals surface area contributed by atoms with E-state index in [9.17, 15) is 18.5 Å². The van der Waals surface area contributed by atoms with Crippen LogP contribution in [0.5, 0.6) is 0 Å². The van der Waals surface area contributed by atoms with Crippen molar-refractivity contribution < 1.29 is 13.3 Å². The number of nitrogens with zero attached hydrogens (tertiary/aromatic N) is 6. The van der Waals surface area contributed by atoms with Crippen LogP contribution in [-0.2, 0) is 15.8 Å². The van der Waals surface area contributed by atoms with Crippen LogP contribution < -0.4 is 10.2 Å². The maximum absolute atomic E-state index is 13.7. The summed E-state index contributed by atoms with van der Waals surface area (Å²) >= 11 is 0. The van der Waals surface area contributed by atoms with Crippen molar-refractivity contribution in [2.45, 2.75) is 5.75 Å². The lowest BCUT2D eigenvalue weighted by Crippen LogP contribution is -2.28. The first-order valence-electron chi connectivity index (χ1n) is 14.2. The van der Waals surface area contributed by atoms with Crippen molar-refractivity contribution in [3.8, 4) is 11.3 Å². The Morgan fingerprint density at radius 3 is 2.44 bits per heavy atom. The Kier molecular flexibility index (Phi) is 7.96. The molecule has 45 heavy (non-hydrogen) atoms. The molecular formula is C32H32N8O4S. The van der Waals surface area contributed by atoms with Crippen LogP contribution in [0.15, 0.2) is 91.3 Å². The highest BCUT2D eigenvalue weighted by atomic mass is 32.2. The smallest absolute Gasteiger partial charge is 0.294 e. The second-order valence-electron chi connectivity index (χ2n) is 11.0. The van der Waals surface area contributed by atoms with Crippen molar-refractivity contribution in [1.29, 1.82) is 0 Å². The summed E-state index contributed by atoms with van der Waals surface area (Å²) < 4.78 is 28.5. The van der Waals surface area contributed by atoms with Crippen LogP contribution >= 0.6 is 0 Å². The number of rotatable bonds is 11. The Morgan fingerprint density at radius 2 is 1.69 bits per heavy atom. The standard InChI is InChI=1S/C32H32N8O4S/c1-37(2)17-18-38(3)28-14-13-23(19-29(28)40(41)42)34-32-35-30(26-20-33-27-12-8-7-11-24(26)27)25-15-16-39(31(25)36-32)45(43,44)21-22-9-5-4-6-10-22/h4-16,19-20,33H,17-18,21H2,1-3H3,(H,34,35,36). The third-order valence-electron chi connectivity index (χ3n) is 7.57. The van der Waals surface area contributed by atoms with Gasteiger partial charge in [0, 0.05) is 66.1 Å². The number of hydrogen-bond acceptors (Lipinski definition) is 9. The molecule has 0 radical (unpaired) electrons. The zero-order chi connectivity index (χ0) is 31.7. The Bertz CT molecular complexity index is 2120. The van der Waals surface area contributed by atoms with E-state index in [1.807, 2.05) is 67.5 Å². The Hall–Kier alpha value is -5.27. The van der Waals surface area contributed by atoms with Gasteiger partial charge in [-0.3, -0.25) is 10.1 Å². The van der Waals surface area contributed by atoms with Gasteiger partial charge in [0.2, 0.25) is 16.0 Å². The molecule has 3 heterocycles. The number of benzene rings is 3. The van der Waals surface area contributed by atoms with E-state index in [0.29, 0.717) is 34.6 Å². The van der Waals surface area contributed by atoms with E-state index >= 15 is 0 Å². The summed E-state index contributed by atoms with van der Waals surface area (Å²) in [4.78, 5) is 28.2. The van der Waals surface area contributed by atoms with Gasteiger partial charge in [-0.05, 0) is 43.9 Å². The van der Waals surface area contributed by atoms with Gasteiger partial charge in [0.25, 0.3) is 5.69 Å². The third kappa shape index (κ3) is 6.08. The number of aromatic nitrogens is 4. The second-order valence-corrected chi connectivity index (χ2v) is 12.9. The average Bonchev–Trinajstić information content (AvgIpc) is 3.65. The van der Waals surface area contributed by atoms with Crippen molar-refractivity contribution in [2.75, 3.05) is 44.4 Å². The number of nitro groups is 1. The summed E-state index contributed by atoms with van der Waals surface area (Å²) in [6.45, 7) is 1.33. The van der Waals surface area contributed by atoms with Gasteiger partial charge in [-0.2, -0.15) is 4.98 Å². The monoisotopic (exact) mass is 624 g/mol. The molecule has 3 aromatic carbocycles. The fourth-order valence-electron chi connectivity index (χ4n) is 5.27. The zero-order valence-electron chi connectivity index (χ0n) is 25.0. The highest BCUT2D eigenvalue weighted by molar-refractivity contribution is 7.89. The maximum atomic E-state index is 13.7. The molecule has 13 heteroatoms. The van der Waals surface area contributed by atoms with Gasteiger partial charge in [0.15, 0.2) is 5.65 Å². The van der Waals surface area contributed by atoms with E-state index in [1.165, 1.54) is 16.2 Å². The summed E-state index contributed by atoms with van der Waals surface area (Å²) in [7, 11) is 1.84. The molecule has 0 amide bonds. The number of anilines is 3. The first kappa shape index (κ1) is 29.8. The fourth-order valence-corrected chi connectivity index (χ4v) is 6.67. The molecule has 2 N–H and O–H groups in total. The van der Waals surface area contributed by atoms with Gasteiger partial charge in [-0.25, -0.2) is 17.4 Å². The van der Waals surface area contributed by atoms with Gasteiger partial charge in [-0.1, -0.05) is 48.5 Å². The van der Waals surface area contributed by atoms with E-state index < -0.39 is 14.9 Å². The molecule has 0 aliphatic carbocycles.